The molecule has 0 aromatic heterocycles. The van der Waals surface area contributed by atoms with Crippen LogP contribution in [0.4, 0.5) is 0 Å². The molecule has 1 aromatic carbocycles. The molecule has 0 amide bonds. The lowest BCUT2D eigenvalue weighted by atomic mass is 9.96. The molecule has 23 heavy (non-hydrogen) atoms. The van der Waals surface area contributed by atoms with Crippen molar-refractivity contribution in [2.24, 2.45) is 5.92 Å². The van der Waals surface area contributed by atoms with E-state index in [-0.39, 0.29) is 23.4 Å². The van der Waals surface area contributed by atoms with Gasteiger partial charge in [0, 0.05) is 20.8 Å². The third-order valence-electron chi connectivity index (χ3n) is 3.59. The van der Waals surface area contributed by atoms with Gasteiger partial charge in [0.15, 0.2) is 5.78 Å². The van der Waals surface area contributed by atoms with Crippen LogP contribution in [0.1, 0.15) is 56.8 Å². The van der Waals surface area contributed by atoms with Crippen LogP contribution in [0.2, 0.25) is 0 Å². The van der Waals surface area contributed by atoms with Crippen molar-refractivity contribution in [3.8, 4) is 0 Å². The average Bonchev–Trinajstić information content (AvgIpc) is 3.09. The highest BCUT2D eigenvalue weighted by Gasteiger charge is 2.25. The number of hydrogen-bond donors (Lipinski definition) is 0. The van der Waals surface area contributed by atoms with Crippen LogP contribution < -0.4 is 0 Å². The minimum absolute atomic E-state index is 0.146. The molecule has 0 atom stereocenters. The molecule has 0 aliphatic heterocycles. The summed E-state index contributed by atoms with van der Waals surface area (Å²) in [5, 5.41) is 0. The van der Waals surface area contributed by atoms with Gasteiger partial charge in [0.25, 0.3) is 0 Å². The van der Waals surface area contributed by atoms with Gasteiger partial charge in [-0.1, -0.05) is 42.6 Å². The van der Waals surface area contributed by atoms with Crippen molar-refractivity contribution in [2.45, 2.75) is 51.3 Å². The van der Waals surface area contributed by atoms with Gasteiger partial charge in [-0.15, -0.1) is 11.8 Å². The lowest BCUT2D eigenvalue weighted by Crippen LogP contribution is -2.13. The molecular formula is C18H25BrO3S. The lowest BCUT2D eigenvalue weighted by Gasteiger charge is -2.12. The fraction of sp³-hybridized carbons (Fsp3) is 0.556. The quantitative estimate of drug-likeness (QED) is 0.359. The molecule has 128 valence electrons. The Morgan fingerprint density at radius 3 is 2.52 bits per heavy atom. The van der Waals surface area contributed by atoms with E-state index in [2.05, 4.69) is 15.9 Å². The Kier molecular flexibility index (Phi) is 9.56. The van der Waals surface area contributed by atoms with Crippen LogP contribution in [0.25, 0.3) is 0 Å². The zero-order valence-corrected chi connectivity index (χ0v) is 16.5. The molecule has 1 aliphatic carbocycles. The summed E-state index contributed by atoms with van der Waals surface area (Å²) < 4.78 is 5.85. The highest BCUT2D eigenvalue weighted by Crippen LogP contribution is 2.33. The SMILES string of the molecule is CC.CCOC(=O)CSc1cc(Br)ccc1C(=O)C1CCCC1. The number of rotatable bonds is 6. The summed E-state index contributed by atoms with van der Waals surface area (Å²) >= 11 is 4.80. The Balaban J connectivity index is 0.00000127. The Hall–Kier alpha value is -0.810. The molecule has 1 aromatic rings. The molecule has 0 N–H and O–H groups in total. The van der Waals surface area contributed by atoms with Crippen LogP contribution in [0.5, 0.6) is 0 Å². The molecule has 0 saturated heterocycles. The summed E-state index contributed by atoms with van der Waals surface area (Å²) in [5.74, 6) is 0.344. The molecular weight excluding hydrogens is 376 g/mol. The molecule has 0 radical (unpaired) electrons. The zero-order chi connectivity index (χ0) is 17.2. The Bertz CT molecular complexity index is 525. The highest BCUT2D eigenvalue weighted by atomic mass is 79.9. The van der Waals surface area contributed by atoms with Gasteiger partial charge in [-0.3, -0.25) is 9.59 Å². The van der Waals surface area contributed by atoms with Gasteiger partial charge < -0.3 is 4.74 Å². The number of Topliss-reactive ketones (excluding diaryl/α,β-unsaturated/α-hetero) is 1. The van der Waals surface area contributed by atoms with Crippen LogP contribution in [0, 0.1) is 5.92 Å². The largest absolute Gasteiger partial charge is 0.465 e. The number of ether oxygens (including phenoxy) is 1. The van der Waals surface area contributed by atoms with Gasteiger partial charge in [0.1, 0.15) is 0 Å². The first kappa shape index (κ1) is 20.2. The van der Waals surface area contributed by atoms with Crippen molar-refractivity contribution < 1.29 is 14.3 Å². The van der Waals surface area contributed by atoms with E-state index >= 15 is 0 Å². The molecule has 1 fully saturated rings. The average molecular weight is 401 g/mol. The lowest BCUT2D eigenvalue weighted by molar-refractivity contribution is -0.139. The topological polar surface area (TPSA) is 43.4 Å². The van der Waals surface area contributed by atoms with Crippen molar-refractivity contribution >= 4 is 39.4 Å². The van der Waals surface area contributed by atoms with Crippen LogP contribution in [-0.2, 0) is 9.53 Å². The second-order valence-electron chi connectivity index (χ2n) is 5.08. The predicted octanol–water partition coefficient (Wildman–Crippen LogP) is 5.50. The number of carbonyl (C=O) groups excluding carboxylic acids is 2. The van der Waals surface area contributed by atoms with Crippen molar-refractivity contribution in [1.29, 1.82) is 0 Å². The van der Waals surface area contributed by atoms with Crippen molar-refractivity contribution in [3.63, 3.8) is 0 Å². The fourth-order valence-corrected chi connectivity index (χ4v) is 3.97. The number of thioether (sulfide) groups is 1. The Morgan fingerprint density at radius 2 is 1.91 bits per heavy atom. The number of ketones is 1. The van der Waals surface area contributed by atoms with E-state index in [0.29, 0.717) is 6.61 Å². The zero-order valence-electron chi connectivity index (χ0n) is 14.1. The van der Waals surface area contributed by atoms with E-state index in [4.69, 9.17) is 4.74 Å². The molecule has 2 rings (SSSR count). The van der Waals surface area contributed by atoms with Crippen LogP contribution in [-0.4, -0.2) is 24.1 Å². The van der Waals surface area contributed by atoms with Gasteiger partial charge in [0.05, 0.1) is 12.4 Å². The highest BCUT2D eigenvalue weighted by molar-refractivity contribution is 9.10. The first-order valence-electron chi connectivity index (χ1n) is 8.24. The smallest absolute Gasteiger partial charge is 0.316 e. The molecule has 0 heterocycles. The number of benzene rings is 1. The summed E-state index contributed by atoms with van der Waals surface area (Å²) in [7, 11) is 0. The molecule has 1 aliphatic rings. The second-order valence-corrected chi connectivity index (χ2v) is 7.01. The van der Waals surface area contributed by atoms with Crippen molar-refractivity contribution in [2.75, 3.05) is 12.4 Å². The first-order valence-corrected chi connectivity index (χ1v) is 10.0. The Labute approximate surface area is 151 Å². The monoisotopic (exact) mass is 400 g/mol. The maximum absolute atomic E-state index is 12.6. The summed E-state index contributed by atoms with van der Waals surface area (Å²) in [6, 6.07) is 5.65. The molecule has 3 nitrogen and oxygen atoms in total. The van der Waals surface area contributed by atoms with Gasteiger partial charge in [-0.2, -0.15) is 0 Å². The number of halogens is 1. The summed E-state index contributed by atoms with van der Waals surface area (Å²) in [4.78, 5) is 25.0. The minimum atomic E-state index is -0.248. The van der Waals surface area contributed by atoms with Gasteiger partial charge in [0.2, 0.25) is 0 Å². The van der Waals surface area contributed by atoms with E-state index in [1.165, 1.54) is 11.8 Å². The maximum atomic E-state index is 12.6. The van der Waals surface area contributed by atoms with Crippen LogP contribution in [0.15, 0.2) is 27.6 Å². The number of carbonyl (C=O) groups is 2. The second kappa shape index (κ2) is 10.9. The third kappa shape index (κ3) is 6.30. The van der Waals surface area contributed by atoms with Crippen molar-refractivity contribution in [1.82, 2.24) is 0 Å². The third-order valence-corrected chi connectivity index (χ3v) is 5.11. The molecule has 0 spiro atoms. The van der Waals surface area contributed by atoms with Gasteiger partial charge in [-0.25, -0.2) is 0 Å². The normalized spacial score (nSPS) is 14.1. The standard InChI is InChI=1S/C16H19BrO3S.C2H6/c1-2-20-15(18)10-21-14-9-12(17)7-8-13(14)16(19)11-5-3-4-6-11;1-2/h7-9,11H,2-6,10H2,1H3;1-2H3. The van der Waals surface area contributed by atoms with Crippen LogP contribution >= 0.6 is 27.7 Å². The van der Waals surface area contributed by atoms with E-state index in [1.807, 2.05) is 32.0 Å². The first-order chi connectivity index (χ1) is 11.1. The molecule has 0 bridgehead atoms. The molecule has 5 heteroatoms. The van der Waals surface area contributed by atoms with E-state index in [9.17, 15) is 9.59 Å². The summed E-state index contributed by atoms with van der Waals surface area (Å²) in [6.45, 7) is 6.17. The van der Waals surface area contributed by atoms with E-state index in [1.54, 1.807) is 6.92 Å². The maximum Gasteiger partial charge on any atom is 0.316 e. The fourth-order valence-electron chi connectivity index (χ4n) is 2.57. The summed E-state index contributed by atoms with van der Waals surface area (Å²) in [5.41, 5.74) is 0.736. The van der Waals surface area contributed by atoms with Gasteiger partial charge >= 0.3 is 5.97 Å². The molecule has 1 saturated carbocycles. The number of esters is 1. The Morgan fingerprint density at radius 1 is 1.26 bits per heavy atom. The summed E-state index contributed by atoms with van der Waals surface area (Å²) in [6.07, 6.45) is 4.24. The predicted molar refractivity (Wildman–Crippen MR) is 99.1 cm³/mol. The number of hydrogen-bond acceptors (Lipinski definition) is 4. The van der Waals surface area contributed by atoms with E-state index in [0.717, 1.165) is 40.6 Å². The minimum Gasteiger partial charge on any atom is -0.465 e. The van der Waals surface area contributed by atoms with Crippen molar-refractivity contribution in [3.05, 3.63) is 28.2 Å². The molecule has 0 unspecified atom stereocenters. The van der Waals surface area contributed by atoms with Crippen LogP contribution in [0.3, 0.4) is 0 Å². The van der Waals surface area contributed by atoms with E-state index < -0.39 is 0 Å². The van der Waals surface area contributed by atoms with Gasteiger partial charge in [-0.05, 0) is 38.0 Å².